The number of benzene rings is 1. The molecule has 4 rings (SSSR count). The van der Waals surface area contributed by atoms with Crippen LogP contribution in [0.2, 0.25) is 0 Å². The van der Waals surface area contributed by atoms with Crippen molar-refractivity contribution in [3.05, 3.63) is 45.7 Å². The Kier molecular flexibility index (Phi) is 6.06. The third kappa shape index (κ3) is 3.94. The number of rotatable bonds is 7. The summed E-state index contributed by atoms with van der Waals surface area (Å²) in [5.74, 6) is 2.23. The first-order valence-corrected chi connectivity index (χ1v) is 11.2. The number of methoxy groups -OCH3 is 1. The highest BCUT2D eigenvalue weighted by molar-refractivity contribution is 7.05. The van der Waals surface area contributed by atoms with E-state index in [0.29, 0.717) is 13.2 Å². The highest BCUT2D eigenvalue weighted by atomic mass is 32.1. The standard InChI is InChI=1S/C22H30N6OS/c1-15-11-16(2)20(17(3)12-15)28-8-6-7-18-21(28)25-26(4)22(18)27(9-10-29-5)13-19-23-14-24-30-19/h11-12,14H,6-10,13H2,1-5H3. The van der Waals surface area contributed by atoms with Crippen LogP contribution in [0.4, 0.5) is 17.3 Å². The van der Waals surface area contributed by atoms with E-state index in [4.69, 9.17) is 9.84 Å². The molecule has 0 bridgehead atoms. The Morgan fingerprint density at radius 1 is 1.20 bits per heavy atom. The molecule has 3 heterocycles. The normalized spacial score (nSPS) is 13.6. The van der Waals surface area contributed by atoms with Gasteiger partial charge in [-0.25, -0.2) is 4.98 Å². The number of aromatic nitrogens is 4. The summed E-state index contributed by atoms with van der Waals surface area (Å²) < 4.78 is 11.6. The van der Waals surface area contributed by atoms with Gasteiger partial charge >= 0.3 is 0 Å². The lowest BCUT2D eigenvalue weighted by atomic mass is 10.0. The summed E-state index contributed by atoms with van der Waals surface area (Å²) in [5.41, 5.74) is 6.51. The first-order valence-electron chi connectivity index (χ1n) is 10.4. The molecule has 0 radical (unpaired) electrons. The average Bonchev–Trinajstić information content (AvgIpc) is 3.31. The largest absolute Gasteiger partial charge is 0.383 e. The van der Waals surface area contributed by atoms with Gasteiger partial charge in [-0.15, -0.1) is 0 Å². The van der Waals surface area contributed by atoms with Gasteiger partial charge in [-0.05, 0) is 56.3 Å². The second-order valence-electron chi connectivity index (χ2n) is 8.00. The number of nitrogens with zero attached hydrogens (tertiary/aromatic N) is 6. The lowest BCUT2D eigenvalue weighted by molar-refractivity contribution is 0.204. The maximum absolute atomic E-state index is 5.39. The molecule has 0 fully saturated rings. The summed E-state index contributed by atoms with van der Waals surface area (Å²) in [5, 5.41) is 6.00. The van der Waals surface area contributed by atoms with E-state index in [9.17, 15) is 0 Å². The zero-order chi connectivity index (χ0) is 21.3. The van der Waals surface area contributed by atoms with Crippen LogP contribution in [0.15, 0.2) is 18.5 Å². The van der Waals surface area contributed by atoms with Gasteiger partial charge in [0.2, 0.25) is 0 Å². The van der Waals surface area contributed by atoms with Crippen LogP contribution < -0.4 is 9.80 Å². The fourth-order valence-electron chi connectivity index (χ4n) is 4.61. The Hall–Kier alpha value is -2.45. The van der Waals surface area contributed by atoms with Crippen LogP contribution in [0.25, 0.3) is 0 Å². The van der Waals surface area contributed by atoms with Crippen molar-refractivity contribution in [2.24, 2.45) is 7.05 Å². The SMILES string of the molecule is COCCN(Cc1ncns1)c1c2c(nn1C)N(c1c(C)cc(C)cc1C)CCC2. The van der Waals surface area contributed by atoms with E-state index in [1.54, 1.807) is 13.4 Å². The van der Waals surface area contributed by atoms with Gasteiger partial charge in [0.15, 0.2) is 5.82 Å². The van der Waals surface area contributed by atoms with E-state index in [1.807, 2.05) is 11.7 Å². The highest BCUT2D eigenvalue weighted by Gasteiger charge is 2.30. The van der Waals surface area contributed by atoms with Gasteiger partial charge in [-0.2, -0.15) is 9.47 Å². The Morgan fingerprint density at radius 3 is 2.63 bits per heavy atom. The number of hydrogen-bond donors (Lipinski definition) is 0. The van der Waals surface area contributed by atoms with Gasteiger partial charge in [0.1, 0.15) is 17.2 Å². The number of hydrogen-bond acceptors (Lipinski definition) is 7. The fourth-order valence-corrected chi connectivity index (χ4v) is 5.13. The van der Waals surface area contributed by atoms with Crippen molar-refractivity contribution in [2.45, 2.75) is 40.2 Å². The molecule has 3 aromatic rings. The van der Waals surface area contributed by atoms with Crippen LogP contribution in [0, 0.1) is 20.8 Å². The first-order chi connectivity index (χ1) is 14.5. The van der Waals surface area contributed by atoms with Gasteiger partial charge in [0, 0.05) is 38.5 Å². The molecule has 0 unspecified atom stereocenters. The Morgan fingerprint density at radius 2 is 1.97 bits per heavy atom. The number of aryl methyl sites for hydroxylation is 4. The number of fused-ring (bicyclic) bond motifs is 1. The molecule has 0 atom stereocenters. The van der Waals surface area contributed by atoms with Gasteiger partial charge in [-0.3, -0.25) is 4.68 Å². The van der Waals surface area contributed by atoms with Crippen LogP contribution in [-0.2, 0) is 24.8 Å². The quantitative estimate of drug-likeness (QED) is 0.570. The van der Waals surface area contributed by atoms with Crippen LogP contribution in [0.5, 0.6) is 0 Å². The number of ether oxygens (including phenoxy) is 1. The summed E-state index contributed by atoms with van der Waals surface area (Å²) in [4.78, 5) is 9.13. The third-order valence-electron chi connectivity index (χ3n) is 5.66. The van der Waals surface area contributed by atoms with Crippen molar-refractivity contribution < 1.29 is 4.74 Å². The van der Waals surface area contributed by atoms with E-state index in [0.717, 1.165) is 42.6 Å². The molecule has 8 heteroatoms. The Labute approximate surface area is 182 Å². The van der Waals surface area contributed by atoms with Crippen LogP contribution in [0.3, 0.4) is 0 Å². The molecule has 0 aliphatic carbocycles. The molecular weight excluding hydrogens is 396 g/mol. The smallest absolute Gasteiger partial charge is 0.160 e. The van der Waals surface area contributed by atoms with Crippen LogP contribution in [-0.4, -0.2) is 45.9 Å². The van der Waals surface area contributed by atoms with E-state index in [-0.39, 0.29) is 0 Å². The predicted molar refractivity (Wildman–Crippen MR) is 122 cm³/mol. The Bertz CT molecular complexity index is 990. The lowest BCUT2D eigenvalue weighted by Crippen LogP contribution is -2.30. The molecule has 30 heavy (non-hydrogen) atoms. The molecule has 1 aromatic carbocycles. The maximum Gasteiger partial charge on any atom is 0.160 e. The minimum atomic E-state index is 0.651. The minimum Gasteiger partial charge on any atom is -0.383 e. The van der Waals surface area contributed by atoms with E-state index < -0.39 is 0 Å². The van der Waals surface area contributed by atoms with Crippen molar-refractivity contribution in [3.8, 4) is 0 Å². The lowest BCUT2D eigenvalue weighted by Gasteiger charge is -2.32. The van der Waals surface area contributed by atoms with E-state index in [1.165, 1.54) is 39.5 Å². The van der Waals surface area contributed by atoms with Crippen molar-refractivity contribution in [3.63, 3.8) is 0 Å². The third-order valence-corrected chi connectivity index (χ3v) is 6.30. The zero-order valence-corrected chi connectivity index (χ0v) is 19.3. The van der Waals surface area contributed by atoms with E-state index in [2.05, 4.69) is 52.1 Å². The molecule has 7 nitrogen and oxygen atoms in total. The zero-order valence-electron chi connectivity index (χ0n) is 18.5. The second kappa shape index (κ2) is 8.73. The van der Waals surface area contributed by atoms with Crippen LogP contribution in [0.1, 0.15) is 33.7 Å². The summed E-state index contributed by atoms with van der Waals surface area (Å²) in [6, 6.07) is 4.53. The molecule has 0 saturated heterocycles. The summed E-state index contributed by atoms with van der Waals surface area (Å²) in [6.07, 6.45) is 3.76. The topological polar surface area (TPSA) is 59.3 Å². The molecule has 0 amide bonds. The van der Waals surface area contributed by atoms with Crippen molar-refractivity contribution >= 4 is 28.9 Å². The van der Waals surface area contributed by atoms with Gasteiger partial charge in [0.25, 0.3) is 0 Å². The molecule has 2 aromatic heterocycles. The molecular formula is C22H30N6OS. The maximum atomic E-state index is 5.39. The van der Waals surface area contributed by atoms with Gasteiger partial charge < -0.3 is 14.5 Å². The van der Waals surface area contributed by atoms with Crippen molar-refractivity contribution in [1.82, 2.24) is 19.1 Å². The van der Waals surface area contributed by atoms with E-state index >= 15 is 0 Å². The summed E-state index contributed by atoms with van der Waals surface area (Å²) in [7, 11) is 3.78. The summed E-state index contributed by atoms with van der Waals surface area (Å²) >= 11 is 1.44. The molecule has 0 spiro atoms. The highest BCUT2D eigenvalue weighted by Crippen LogP contribution is 2.41. The molecule has 0 saturated carbocycles. The molecule has 160 valence electrons. The van der Waals surface area contributed by atoms with Gasteiger partial charge in [0.05, 0.1) is 13.2 Å². The molecule has 1 aliphatic heterocycles. The van der Waals surface area contributed by atoms with Crippen LogP contribution >= 0.6 is 11.5 Å². The molecule has 1 aliphatic rings. The molecule has 0 N–H and O–H groups in total. The number of anilines is 3. The minimum absolute atomic E-state index is 0.651. The predicted octanol–water partition coefficient (Wildman–Crippen LogP) is 3.93. The van der Waals surface area contributed by atoms with Crippen molar-refractivity contribution in [2.75, 3.05) is 36.6 Å². The fraction of sp³-hybridized carbons (Fsp3) is 0.500. The van der Waals surface area contributed by atoms with Gasteiger partial charge in [-0.1, -0.05) is 17.7 Å². The second-order valence-corrected chi connectivity index (χ2v) is 8.87. The Balaban J connectivity index is 1.76. The summed E-state index contributed by atoms with van der Waals surface area (Å²) in [6.45, 7) is 9.70. The van der Waals surface area contributed by atoms with Crippen molar-refractivity contribution in [1.29, 1.82) is 0 Å². The average molecular weight is 427 g/mol. The monoisotopic (exact) mass is 426 g/mol. The first kappa shape index (κ1) is 20.8.